The number of halogens is 2. The highest BCUT2D eigenvalue weighted by molar-refractivity contribution is 7.89. The number of hydrogen-bond donors (Lipinski definition) is 1. The molecule has 0 spiro atoms. The van der Waals surface area contributed by atoms with Crippen molar-refractivity contribution >= 4 is 32.7 Å². The first-order valence-corrected chi connectivity index (χ1v) is 10.2. The molecule has 8 heteroatoms. The van der Waals surface area contributed by atoms with Crippen molar-refractivity contribution in [2.45, 2.75) is 31.2 Å². The molecule has 138 valence electrons. The lowest BCUT2D eigenvalue weighted by molar-refractivity contribution is 0.580. The summed E-state index contributed by atoms with van der Waals surface area (Å²) in [7, 11) is -3.75. The number of aryl methyl sites for hydroxylation is 1. The molecule has 0 saturated carbocycles. The quantitative estimate of drug-likeness (QED) is 0.662. The minimum Gasteiger partial charge on any atom is -0.332 e. The zero-order valence-corrected chi connectivity index (χ0v) is 15.8. The highest BCUT2D eigenvalue weighted by atomic mass is 35.5. The molecule has 0 saturated heterocycles. The Hall–Kier alpha value is -1.96. The van der Waals surface area contributed by atoms with E-state index in [1.807, 2.05) is 18.3 Å². The van der Waals surface area contributed by atoms with Gasteiger partial charge in [-0.15, -0.1) is 0 Å². The summed E-state index contributed by atoms with van der Waals surface area (Å²) >= 11 is 5.67. The van der Waals surface area contributed by atoms with E-state index < -0.39 is 15.8 Å². The van der Waals surface area contributed by atoms with Crippen molar-refractivity contribution in [2.75, 3.05) is 6.54 Å². The third-order valence-corrected chi connectivity index (χ3v) is 5.82. The van der Waals surface area contributed by atoms with Gasteiger partial charge in [-0.3, -0.25) is 0 Å². The minimum absolute atomic E-state index is 0.0565. The van der Waals surface area contributed by atoms with Crippen molar-refractivity contribution in [3.8, 4) is 0 Å². The number of benzene rings is 1. The monoisotopic (exact) mass is 395 g/mol. The third-order valence-electron chi connectivity index (χ3n) is 4.07. The Morgan fingerprint density at radius 2 is 2.12 bits per heavy atom. The molecule has 0 unspecified atom stereocenters. The molecular weight excluding hydrogens is 377 g/mol. The zero-order valence-electron chi connectivity index (χ0n) is 14.2. The number of rotatable bonds is 7. The van der Waals surface area contributed by atoms with Gasteiger partial charge < -0.3 is 4.57 Å². The van der Waals surface area contributed by atoms with Crippen LogP contribution in [-0.4, -0.2) is 24.5 Å². The molecule has 2 aromatic heterocycles. The lowest BCUT2D eigenvalue weighted by Crippen LogP contribution is -2.26. The van der Waals surface area contributed by atoms with Gasteiger partial charge in [-0.05, 0) is 48.7 Å². The SMILES string of the molecule is CCCn1cc(CCNS(=O)(=O)c2ccc(F)c(Cl)c2)c2cccnc21. The average molecular weight is 396 g/mol. The van der Waals surface area contributed by atoms with Crippen molar-refractivity contribution < 1.29 is 12.8 Å². The summed E-state index contributed by atoms with van der Waals surface area (Å²) in [5, 5.41) is 0.798. The maximum absolute atomic E-state index is 13.2. The van der Waals surface area contributed by atoms with Crippen molar-refractivity contribution in [3.63, 3.8) is 0 Å². The lowest BCUT2D eigenvalue weighted by Gasteiger charge is -2.07. The van der Waals surface area contributed by atoms with Gasteiger partial charge in [0, 0.05) is 30.9 Å². The summed E-state index contributed by atoms with van der Waals surface area (Å²) in [6, 6.07) is 7.20. The maximum Gasteiger partial charge on any atom is 0.240 e. The second kappa shape index (κ2) is 7.73. The van der Waals surface area contributed by atoms with Gasteiger partial charge in [0.15, 0.2) is 0 Å². The van der Waals surface area contributed by atoms with Crippen LogP contribution in [0.15, 0.2) is 47.6 Å². The van der Waals surface area contributed by atoms with Gasteiger partial charge in [0.2, 0.25) is 10.0 Å². The van der Waals surface area contributed by atoms with Gasteiger partial charge in [0.05, 0.1) is 9.92 Å². The Morgan fingerprint density at radius 3 is 2.85 bits per heavy atom. The summed E-state index contributed by atoms with van der Waals surface area (Å²) in [4.78, 5) is 4.36. The molecule has 26 heavy (non-hydrogen) atoms. The lowest BCUT2D eigenvalue weighted by atomic mass is 10.2. The Labute approximate surface area is 156 Å². The van der Waals surface area contributed by atoms with Crippen molar-refractivity contribution in [3.05, 3.63) is 59.1 Å². The van der Waals surface area contributed by atoms with Crippen molar-refractivity contribution in [1.82, 2.24) is 14.3 Å². The first-order chi connectivity index (χ1) is 12.4. The van der Waals surface area contributed by atoms with Gasteiger partial charge in [0.1, 0.15) is 11.5 Å². The van der Waals surface area contributed by atoms with Crippen LogP contribution in [0.1, 0.15) is 18.9 Å². The summed E-state index contributed by atoms with van der Waals surface area (Å²) in [6.07, 6.45) is 5.27. The van der Waals surface area contributed by atoms with E-state index in [1.165, 1.54) is 6.07 Å². The minimum atomic E-state index is -3.75. The second-order valence-electron chi connectivity index (χ2n) is 5.95. The topological polar surface area (TPSA) is 64.0 Å². The summed E-state index contributed by atoms with van der Waals surface area (Å²) in [5.41, 5.74) is 1.93. The predicted molar refractivity (Wildman–Crippen MR) is 100 cm³/mol. The number of pyridine rings is 1. The molecule has 5 nitrogen and oxygen atoms in total. The fraction of sp³-hybridized carbons (Fsp3) is 0.278. The Morgan fingerprint density at radius 1 is 1.31 bits per heavy atom. The summed E-state index contributed by atoms with van der Waals surface area (Å²) in [6.45, 7) is 3.17. The fourth-order valence-corrected chi connectivity index (χ4v) is 4.16. The van der Waals surface area contributed by atoms with Gasteiger partial charge in [-0.1, -0.05) is 18.5 Å². The average Bonchev–Trinajstić information content (AvgIpc) is 2.96. The molecule has 0 bridgehead atoms. The highest BCUT2D eigenvalue weighted by Gasteiger charge is 2.16. The maximum atomic E-state index is 13.2. The van der Waals surface area contributed by atoms with Crippen molar-refractivity contribution in [1.29, 1.82) is 0 Å². The normalized spacial score (nSPS) is 12.0. The number of fused-ring (bicyclic) bond motifs is 1. The van der Waals surface area contributed by atoms with E-state index in [0.717, 1.165) is 41.7 Å². The molecule has 0 aliphatic heterocycles. The molecule has 0 atom stereocenters. The van der Waals surface area contributed by atoms with E-state index in [-0.39, 0.29) is 16.5 Å². The molecule has 1 N–H and O–H groups in total. The van der Waals surface area contributed by atoms with Gasteiger partial charge in [-0.25, -0.2) is 22.5 Å². The van der Waals surface area contributed by atoms with Crippen LogP contribution in [0.3, 0.4) is 0 Å². The zero-order chi connectivity index (χ0) is 18.7. The molecule has 0 fully saturated rings. The molecule has 0 aliphatic rings. The molecule has 0 radical (unpaired) electrons. The van der Waals surface area contributed by atoms with E-state index in [0.29, 0.717) is 6.42 Å². The predicted octanol–water partition coefficient (Wildman–Crippen LogP) is 3.76. The van der Waals surface area contributed by atoms with Gasteiger partial charge in [-0.2, -0.15) is 0 Å². The highest BCUT2D eigenvalue weighted by Crippen LogP contribution is 2.21. The molecule has 0 amide bonds. The van der Waals surface area contributed by atoms with Crippen LogP contribution in [0.4, 0.5) is 4.39 Å². The molecule has 1 aromatic carbocycles. The van der Waals surface area contributed by atoms with Crippen LogP contribution in [0.2, 0.25) is 5.02 Å². The van der Waals surface area contributed by atoms with Gasteiger partial charge in [0.25, 0.3) is 0 Å². The number of sulfonamides is 1. The van der Waals surface area contributed by atoms with E-state index in [1.54, 1.807) is 6.20 Å². The molecule has 3 rings (SSSR count). The van der Waals surface area contributed by atoms with Crippen LogP contribution in [0.25, 0.3) is 11.0 Å². The van der Waals surface area contributed by atoms with Crippen LogP contribution in [0, 0.1) is 5.82 Å². The smallest absolute Gasteiger partial charge is 0.240 e. The Bertz CT molecular complexity index is 1030. The molecule has 3 aromatic rings. The first-order valence-electron chi connectivity index (χ1n) is 8.30. The molecule has 2 heterocycles. The Balaban J connectivity index is 1.75. The van der Waals surface area contributed by atoms with Gasteiger partial charge >= 0.3 is 0 Å². The summed E-state index contributed by atoms with van der Waals surface area (Å²) < 4.78 is 42.5. The first kappa shape index (κ1) is 18.8. The number of nitrogens with one attached hydrogen (secondary N) is 1. The molecular formula is C18H19ClFN3O2S. The van der Waals surface area contributed by atoms with E-state index in [4.69, 9.17) is 11.6 Å². The van der Waals surface area contributed by atoms with Crippen LogP contribution in [-0.2, 0) is 23.0 Å². The second-order valence-corrected chi connectivity index (χ2v) is 8.12. The number of aromatic nitrogens is 2. The standard InChI is InChI=1S/C18H19ClFN3O2S/c1-2-10-23-12-13(15-4-3-8-21-18(15)23)7-9-22-26(24,25)14-5-6-17(20)16(19)11-14/h3-6,8,11-12,22H,2,7,9-10H2,1H3. The van der Waals surface area contributed by atoms with Crippen LogP contribution in [0.5, 0.6) is 0 Å². The molecule has 0 aliphatic carbocycles. The van der Waals surface area contributed by atoms with E-state index >= 15 is 0 Å². The number of hydrogen-bond acceptors (Lipinski definition) is 3. The van der Waals surface area contributed by atoms with E-state index in [2.05, 4.69) is 21.2 Å². The van der Waals surface area contributed by atoms with E-state index in [9.17, 15) is 12.8 Å². The number of nitrogens with zero attached hydrogens (tertiary/aromatic N) is 2. The summed E-state index contributed by atoms with van der Waals surface area (Å²) in [5.74, 6) is -0.651. The van der Waals surface area contributed by atoms with Crippen molar-refractivity contribution in [2.24, 2.45) is 0 Å². The third kappa shape index (κ3) is 3.90. The van der Waals surface area contributed by atoms with Crippen LogP contribution < -0.4 is 4.72 Å². The Kier molecular flexibility index (Phi) is 5.60. The van der Waals surface area contributed by atoms with Crippen LogP contribution >= 0.6 is 11.6 Å². The largest absolute Gasteiger partial charge is 0.332 e. The fourth-order valence-electron chi connectivity index (χ4n) is 2.85.